The van der Waals surface area contributed by atoms with E-state index in [9.17, 15) is 0 Å². The summed E-state index contributed by atoms with van der Waals surface area (Å²) < 4.78 is 2.62. The van der Waals surface area contributed by atoms with Crippen LogP contribution in [0.5, 0.6) is 0 Å². The monoisotopic (exact) mass is 743 g/mol. The summed E-state index contributed by atoms with van der Waals surface area (Å²) in [7, 11) is 0. The molecule has 0 amide bonds. The summed E-state index contributed by atoms with van der Waals surface area (Å²) in [6.45, 7) is 0. The van der Waals surface area contributed by atoms with Crippen LogP contribution in [0.4, 0.5) is 17.1 Å². The van der Waals surface area contributed by atoms with E-state index in [1.807, 2.05) is 11.3 Å². The quantitative estimate of drug-likeness (QED) is 0.147. The molecule has 2 heteroatoms. The molecule has 268 valence electrons. The highest BCUT2D eigenvalue weighted by atomic mass is 32.1. The fourth-order valence-electron chi connectivity index (χ4n) is 8.70. The third kappa shape index (κ3) is 6.03. The lowest BCUT2D eigenvalue weighted by Crippen LogP contribution is -2.10. The van der Waals surface area contributed by atoms with Crippen LogP contribution in [0.15, 0.2) is 212 Å². The summed E-state index contributed by atoms with van der Waals surface area (Å²) in [5.41, 5.74) is 10.9. The molecule has 0 radical (unpaired) electrons. The molecule has 1 aromatic heterocycles. The third-order valence-corrected chi connectivity index (χ3v) is 12.6. The number of anilines is 3. The van der Waals surface area contributed by atoms with Gasteiger partial charge in [0.1, 0.15) is 0 Å². The molecule has 0 aliphatic carbocycles. The van der Waals surface area contributed by atoms with E-state index in [4.69, 9.17) is 0 Å². The molecule has 0 N–H and O–H groups in total. The molecule has 0 saturated carbocycles. The second-order valence-corrected chi connectivity index (χ2v) is 16.0. The molecule has 0 saturated heterocycles. The number of hydrogen-bond donors (Lipinski definition) is 0. The largest absolute Gasteiger partial charge is 0.310 e. The van der Waals surface area contributed by atoms with E-state index >= 15 is 0 Å². The maximum absolute atomic E-state index is 2.40. The Morgan fingerprint density at radius 2 is 0.947 bits per heavy atom. The molecule has 11 aromatic rings. The highest BCUT2D eigenvalue weighted by Gasteiger charge is 2.17. The van der Waals surface area contributed by atoms with Crippen molar-refractivity contribution in [1.82, 2.24) is 0 Å². The first kappa shape index (κ1) is 33.3. The number of fused-ring (bicyclic) bond motifs is 7. The highest BCUT2D eigenvalue weighted by molar-refractivity contribution is 7.25. The van der Waals surface area contributed by atoms with Crippen molar-refractivity contribution in [2.75, 3.05) is 4.90 Å². The molecule has 0 fully saturated rings. The van der Waals surface area contributed by atoms with E-state index in [0.29, 0.717) is 0 Å². The van der Waals surface area contributed by atoms with Crippen LogP contribution in [0, 0.1) is 0 Å². The van der Waals surface area contributed by atoms with Crippen molar-refractivity contribution >= 4 is 80.9 Å². The van der Waals surface area contributed by atoms with Crippen LogP contribution in [0.1, 0.15) is 11.1 Å². The molecule has 0 bridgehead atoms. The predicted molar refractivity (Wildman–Crippen MR) is 247 cm³/mol. The lowest BCUT2D eigenvalue weighted by Gasteiger charge is -2.26. The smallest absolute Gasteiger partial charge is 0.0468 e. The molecule has 1 nitrogen and oxygen atoms in total. The Bertz CT molecular complexity index is 3260. The van der Waals surface area contributed by atoms with Gasteiger partial charge in [-0.2, -0.15) is 0 Å². The first-order valence-electron chi connectivity index (χ1n) is 19.6. The zero-order valence-electron chi connectivity index (χ0n) is 31.3. The van der Waals surface area contributed by atoms with Crippen LogP contribution in [0.25, 0.3) is 74.7 Å². The molecule has 0 aliphatic heterocycles. The molecule has 0 atom stereocenters. The van der Waals surface area contributed by atoms with Gasteiger partial charge in [-0.15, -0.1) is 11.3 Å². The van der Waals surface area contributed by atoms with E-state index in [-0.39, 0.29) is 0 Å². The average Bonchev–Trinajstić information content (AvgIpc) is 3.65. The van der Waals surface area contributed by atoms with Crippen molar-refractivity contribution < 1.29 is 0 Å². The summed E-state index contributed by atoms with van der Waals surface area (Å²) in [5.74, 6) is 0. The topological polar surface area (TPSA) is 3.24 Å². The minimum atomic E-state index is 0.883. The van der Waals surface area contributed by atoms with Crippen LogP contribution < -0.4 is 4.90 Å². The SMILES string of the molecule is c1cc(-c2ccc(Cc3cc4ccccc4c4ccccc34)cc2)cc(N(c2ccc(-c3cccc4ccccc34)cc2)c2ccc3sc4ccccc4c3c2)c1. The van der Waals surface area contributed by atoms with Gasteiger partial charge in [-0.1, -0.05) is 164 Å². The second-order valence-electron chi connectivity index (χ2n) is 14.9. The lowest BCUT2D eigenvalue weighted by molar-refractivity contribution is 1.22. The van der Waals surface area contributed by atoms with Gasteiger partial charge in [0.25, 0.3) is 0 Å². The van der Waals surface area contributed by atoms with Crippen LogP contribution in [0.2, 0.25) is 0 Å². The average molecular weight is 744 g/mol. The van der Waals surface area contributed by atoms with E-state index in [1.165, 1.54) is 85.9 Å². The summed E-state index contributed by atoms with van der Waals surface area (Å²) in [6.07, 6.45) is 0.883. The fourth-order valence-corrected chi connectivity index (χ4v) is 9.79. The van der Waals surface area contributed by atoms with Gasteiger partial charge in [0.15, 0.2) is 0 Å². The van der Waals surface area contributed by atoms with E-state index in [0.717, 1.165) is 23.5 Å². The number of nitrogens with zero attached hydrogens (tertiary/aromatic N) is 1. The Balaban J connectivity index is 0.971. The van der Waals surface area contributed by atoms with E-state index < -0.39 is 0 Å². The summed E-state index contributed by atoms with van der Waals surface area (Å²) in [5, 5.41) is 10.4. The van der Waals surface area contributed by atoms with E-state index in [2.05, 4.69) is 217 Å². The van der Waals surface area contributed by atoms with Crippen LogP contribution in [0.3, 0.4) is 0 Å². The van der Waals surface area contributed by atoms with Gasteiger partial charge >= 0.3 is 0 Å². The molecular formula is C55H37NS. The Kier molecular flexibility index (Phi) is 8.15. The molecule has 57 heavy (non-hydrogen) atoms. The number of thiophene rings is 1. The van der Waals surface area contributed by atoms with Crippen LogP contribution in [-0.2, 0) is 6.42 Å². The summed E-state index contributed by atoms with van der Waals surface area (Å²) in [4.78, 5) is 2.40. The third-order valence-electron chi connectivity index (χ3n) is 11.5. The maximum Gasteiger partial charge on any atom is 0.0468 e. The Morgan fingerprint density at radius 3 is 1.79 bits per heavy atom. The molecule has 1 heterocycles. The Morgan fingerprint density at radius 1 is 0.333 bits per heavy atom. The highest BCUT2D eigenvalue weighted by Crippen LogP contribution is 2.42. The normalized spacial score (nSPS) is 11.6. The van der Waals surface area contributed by atoms with Crippen molar-refractivity contribution in [1.29, 1.82) is 0 Å². The Hall–Kier alpha value is -7.00. The summed E-state index contributed by atoms with van der Waals surface area (Å²) >= 11 is 1.86. The van der Waals surface area contributed by atoms with Crippen molar-refractivity contribution in [3.8, 4) is 22.3 Å². The van der Waals surface area contributed by atoms with Gasteiger partial charge in [-0.25, -0.2) is 0 Å². The van der Waals surface area contributed by atoms with Crippen LogP contribution >= 0.6 is 11.3 Å². The number of benzene rings is 10. The minimum Gasteiger partial charge on any atom is -0.310 e. The van der Waals surface area contributed by atoms with Gasteiger partial charge in [0, 0.05) is 37.2 Å². The molecule has 0 aliphatic rings. The van der Waals surface area contributed by atoms with E-state index in [1.54, 1.807) is 0 Å². The van der Waals surface area contributed by atoms with Gasteiger partial charge in [-0.3, -0.25) is 0 Å². The van der Waals surface area contributed by atoms with Crippen LogP contribution in [-0.4, -0.2) is 0 Å². The molecule has 10 aromatic carbocycles. The van der Waals surface area contributed by atoms with Gasteiger partial charge in [0.2, 0.25) is 0 Å². The molecule has 0 unspecified atom stereocenters. The van der Waals surface area contributed by atoms with Gasteiger partial charge < -0.3 is 4.90 Å². The Labute approximate surface area is 336 Å². The van der Waals surface area contributed by atoms with Gasteiger partial charge in [0.05, 0.1) is 0 Å². The molecular weight excluding hydrogens is 707 g/mol. The molecule has 11 rings (SSSR count). The maximum atomic E-state index is 2.40. The second kappa shape index (κ2) is 13.9. The summed E-state index contributed by atoms with van der Waals surface area (Å²) in [6, 6.07) is 78.0. The standard InChI is InChI=1S/C55H37NS/c1-3-16-47-39(11-1)13-10-21-48(47)40-27-29-44(30-28-40)56(46-31-32-55-53(36-46)52-20-7-8-22-54(52)57-55)45-15-9-14-41(35-45)38-25-23-37(24-26-38)33-43-34-42-12-2-4-17-49(42)51-19-6-5-18-50(43)51/h1-32,34-36H,33H2. The predicted octanol–water partition coefficient (Wildman–Crippen LogP) is 15.9. The zero-order valence-corrected chi connectivity index (χ0v) is 32.1. The first-order chi connectivity index (χ1) is 28.2. The molecule has 0 spiro atoms. The van der Waals surface area contributed by atoms with Gasteiger partial charge in [-0.05, 0) is 121 Å². The van der Waals surface area contributed by atoms with Crippen molar-refractivity contribution in [3.63, 3.8) is 0 Å². The lowest BCUT2D eigenvalue weighted by atomic mass is 9.93. The minimum absolute atomic E-state index is 0.883. The number of hydrogen-bond acceptors (Lipinski definition) is 2. The number of rotatable bonds is 7. The van der Waals surface area contributed by atoms with Crippen molar-refractivity contribution in [2.45, 2.75) is 6.42 Å². The van der Waals surface area contributed by atoms with Crippen molar-refractivity contribution in [3.05, 3.63) is 223 Å². The first-order valence-corrected chi connectivity index (χ1v) is 20.4. The zero-order chi connectivity index (χ0) is 37.7. The fraction of sp³-hybridized carbons (Fsp3) is 0.0182. The van der Waals surface area contributed by atoms with Crippen molar-refractivity contribution in [2.24, 2.45) is 0 Å².